The number of carbonyl (C=O) groups excluding carboxylic acids is 3. The van der Waals surface area contributed by atoms with Crippen molar-refractivity contribution in [2.24, 2.45) is 14.1 Å². The molecule has 19 heteroatoms. The summed E-state index contributed by atoms with van der Waals surface area (Å²) in [6.07, 6.45) is 0.979. The second-order valence-electron chi connectivity index (χ2n) is 15.0. The summed E-state index contributed by atoms with van der Waals surface area (Å²) in [4.78, 5) is 34.3. The predicted molar refractivity (Wildman–Crippen MR) is 200 cm³/mol. The van der Waals surface area contributed by atoms with Crippen LogP contribution in [0, 0.1) is 0 Å². The van der Waals surface area contributed by atoms with E-state index >= 15 is 0 Å². The maximum Gasteiger partial charge on any atom is 0.519 e. The van der Waals surface area contributed by atoms with E-state index in [1.54, 1.807) is 91.0 Å². The van der Waals surface area contributed by atoms with Crippen LogP contribution < -0.4 is 11.5 Å². The number of anilines is 2. The van der Waals surface area contributed by atoms with Gasteiger partial charge >= 0.3 is 18.4 Å². The first-order chi connectivity index (χ1) is 25.0. The third kappa shape index (κ3) is 11.2. The number of aromatic amines is 1. The zero-order chi connectivity index (χ0) is 40.2. The molecule has 0 radical (unpaired) electrons. The Hall–Kier alpha value is -6.53. The minimum absolute atomic E-state index is 0.261. The predicted octanol–water partition coefficient (Wildman–Crippen LogP) is 6.01. The van der Waals surface area contributed by atoms with Crippen molar-refractivity contribution in [1.82, 2.24) is 50.0 Å². The van der Waals surface area contributed by atoms with E-state index in [4.69, 9.17) is 25.7 Å². The molecule has 19 nitrogen and oxygen atoms in total. The van der Waals surface area contributed by atoms with Crippen molar-refractivity contribution in [3.8, 4) is 22.5 Å². The topological polar surface area (TPSA) is 248 Å². The number of H-pyrrole nitrogens is 1. The molecule has 4 aromatic heterocycles. The molecule has 288 valence electrons. The second kappa shape index (κ2) is 15.6. The van der Waals surface area contributed by atoms with Gasteiger partial charge in [0.05, 0.1) is 23.4 Å². The summed E-state index contributed by atoms with van der Waals surface area (Å²) in [6, 6.07) is 11.3. The van der Waals surface area contributed by atoms with E-state index in [9.17, 15) is 14.4 Å². The van der Waals surface area contributed by atoms with Gasteiger partial charge in [-0.05, 0) is 86.6 Å². The lowest BCUT2D eigenvalue weighted by Gasteiger charge is -2.20. The maximum atomic E-state index is 12.2. The van der Waals surface area contributed by atoms with Crippen molar-refractivity contribution in [2.75, 3.05) is 11.5 Å². The number of hydrogen-bond donors (Lipinski definition) is 3. The number of fused-ring (bicyclic) bond motifs is 2. The van der Waals surface area contributed by atoms with Crippen molar-refractivity contribution < 1.29 is 33.3 Å². The number of nitrogens with one attached hydrogen (secondary N) is 1. The number of benzene rings is 2. The zero-order valence-electron chi connectivity index (χ0n) is 32.2. The third-order valence-corrected chi connectivity index (χ3v) is 6.61. The van der Waals surface area contributed by atoms with E-state index in [1.165, 1.54) is 4.68 Å². The molecular formula is C35H46N12O7. The molecular weight excluding hydrogens is 700 g/mol. The van der Waals surface area contributed by atoms with Gasteiger partial charge < -0.3 is 30.4 Å². The summed E-state index contributed by atoms with van der Waals surface area (Å²) in [5.74, 6) is 0.761. The lowest BCUT2D eigenvalue weighted by atomic mass is 10.1. The van der Waals surface area contributed by atoms with Crippen molar-refractivity contribution in [2.45, 2.75) is 79.1 Å². The summed E-state index contributed by atoms with van der Waals surface area (Å²) >= 11 is 0. The van der Waals surface area contributed by atoms with Crippen LogP contribution in [-0.2, 0) is 33.0 Å². The van der Waals surface area contributed by atoms with Gasteiger partial charge in [0, 0.05) is 36.0 Å². The molecule has 0 saturated carbocycles. The van der Waals surface area contributed by atoms with Crippen molar-refractivity contribution in [1.29, 1.82) is 0 Å². The van der Waals surface area contributed by atoms with Crippen LogP contribution in [0.1, 0.15) is 62.3 Å². The Morgan fingerprint density at radius 1 is 0.667 bits per heavy atom. The maximum absolute atomic E-state index is 12.2. The zero-order valence-corrected chi connectivity index (χ0v) is 32.2. The largest absolute Gasteiger partial charge is 0.519 e. The summed E-state index contributed by atoms with van der Waals surface area (Å²) in [5, 5.41) is 28.4. The Morgan fingerprint density at radius 3 is 1.61 bits per heavy atom. The summed E-state index contributed by atoms with van der Waals surface area (Å²) in [6.45, 7) is 15.4. The Balaban J connectivity index is 0.000000187. The highest BCUT2D eigenvalue weighted by atomic mass is 16.8. The quantitative estimate of drug-likeness (QED) is 0.104. The van der Waals surface area contributed by atoms with Gasteiger partial charge in [-0.2, -0.15) is 9.78 Å². The highest BCUT2D eigenvalue weighted by Gasteiger charge is 2.25. The molecule has 0 aliphatic heterocycles. The molecule has 2 aromatic carbocycles. The molecule has 5 N–H and O–H groups in total. The Morgan fingerprint density at radius 2 is 1.15 bits per heavy atom. The second-order valence-corrected chi connectivity index (χ2v) is 15.0. The average molecular weight is 747 g/mol. The van der Waals surface area contributed by atoms with Gasteiger partial charge in [0.1, 0.15) is 28.2 Å². The van der Waals surface area contributed by atoms with Gasteiger partial charge in [0.2, 0.25) is 0 Å². The van der Waals surface area contributed by atoms with Gasteiger partial charge in [-0.25, -0.2) is 14.4 Å². The lowest BCUT2D eigenvalue weighted by molar-refractivity contribution is -0.0294. The molecule has 0 unspecified atom stereocenters. The van der Waals surface area contributed by atoms with Gasteiger partial charge in [-0.1, -0.05) is 22.6 Å². The van der Waals surface area contributed by atoms with Crippen LogP contribution in [0.4, 0.5) is 26.0 Å². The number of aromatic nitrogens is 10. The van der Waals surface area contributed by atoms with Crippen LogP contribution in [0.15, 0.2) is 48.8 Å². The van der Waals surface area contributed by atoms with Crippen LogP contribution >= 0.6 is 0 Å². The molecule has 0 fully saturated rings. The van der Waals surface area contributed by atoms with E-state index in [-0.39, 0.29) is 5.82 Å². The smallest absolute Gasteiger partial charge is 0.442 e. The van der Waals surface area contributed by atoms with Crippen LogP contribution in [0.3, 0.4) is 0 Å². The van der Waals surface area contributed by atoms with Crippen molar-refractivity contribution >= 4 is 51.8 Å². The van der Waals surface area contributed by atoms with Gasteiger partial charge in [0.25, 0.3) is 0 Å². The fourth-order valence-corrected chi connectivity index (χ4v) is 4.51. The fourth-order valence-electron chi connectivity index (χ4n) is 4.51. The van der Waals surface area contributed by atoms with Gasteiger partial charge in [0.15, 0.2) is 11.6 Å². The van der Waals surface area contributed by atoms with Gasteiger partial charge in [-0.15, -0.1) is 15.3 Å². The third-order valence-electron chi connectivity index (χ3n) is 6.61. The Bertz CT molecular complexity index is 2240. The molecule has 6 aromatic rings. The molecule has 0 spiro atoms. The molecule has 0 bridgehead atoms. The van der Waals surface area contributed by atoms with Crippen molar-refractivity contribution in [3.63, 3.8) is 0 Å². The molecule has 6 rings (SSSR count). The minimum Gasteiger partial charge on any atom is -0.442 e. The number of nitrogen functional groups attached to an aromatic ring is 2. The van der Waals surface area contributed by atoms with E-state index in [0.29, 0.717) is 16.7 Å². The summed E-state index contributed by atoms with van der Waals surface area (Å²) in [5.41, 5.74) is 14.6. The van der Waals surface area contributed by atoms with E-state index < -0.39 is 35.2 Å². The van der Waals surface area contributed by atoms with Crippen LogP contribution in [0.25, 0.3) is 44.3 Å². The number of rotatable bonds is 2. The number of carbonyl (C=O) groups is 3. The molecule has 0 aliphatic rings. The van der Waals surface area contributed by atoms with E-state index in [2.05, 4.69) is 40.7 Å². The van der Waals surface area contributed by atoms with Crippen LogP contribution in [-0.4, -0.2) is 85.2 Å². The normalized spacial score (nSPS) is 11.6. The molecule has 0 aliphatic carbocycles. The molecule has 4 heterocycles. The average Bonchev–Trinajstić information content (AvgIpc) is 3.82. The monoisotopic (exact) mass is 746 g/mol. The molecule has 0 atom stereocenters. The van der Waals surface area contributed by atoms with Crippen LogP contribution in [0.5, 0.6) is 0 Å². The Labute approximate surface area is 310 Å². The summed E-state index contributed by atoms with van der Waals surface area (Å²) < 4.78 is 23.6. The van der Waals surface area contributed by atoms with Crippen LogP contribution in [0.2, 0.25) is 0 Å². The van der Waals surface area contributed by atoms with Crippen molar-refractivity contribution in [3.05, 3.63) is 48.8 Å². The number of hydrogen-bond acceptors (Lipinski definition) is 15. The lowest BCUT2D eigenvalue weighted by Crippen LogP contribution is -2.29. The standard InChI is InChI=1S/C15H18N6O2.C10H10N6.C10H18O5/c1-15(2,3)23-14(22)21-12-6-5-9(7-10(12)13(16)18-21)11-8-20(4)19-17-11;1-16-5-9(13-15-16)6-2-3-8-7(4-6)10(11)14-12-8;1-9(2,3)14-7(11)13-8(12)15-10(4,5)6/h5-8H,1-4H3,(H2,16,18);2-5H,1H3,(H3,11,12,14);1-6H3. The number of nitrogens with two attached hydrogens (primary N) is 2. The first-order valence-electron chi connectivity index (χ1n) is 16.6. The Kier molecular flexibility index (Phi) is 11.6. The summed E-state index contributed by atoms with van der Waals surface area (Å²) in [7, 11) is 3.63. The van der Waals surface area contributed by atoms with Gasteiger partial charge in [-0.3, -0.25) is 14.5 Å². The molecule has 54 heavy (non-hydrogen) atoms. The van der Waals surface area contributed by atoms with E-state index in [0.717, 1.165) is 33.4 Å². The molecule has 0 saturated heterocycles. The number of aryl methyl sites for hydroxylation is 2. The SMILES string of the molecule is CC(C)(C)OC(=O)OC(=O)OC(C)(C)C.Cn1cc(-c2ccc3[nH]nc(N)c3c2)nn1.Cn1cc(-c2ccc3c(c2)c(N)nn3C(=O)OC(C)(C)C)nn1. The van der Waals surface area contributed by atoms with E-state index in [1.807, 2.05) is 43.6 Å². The highest BCUT2D eigenvalue weighted by Crippen LogP contribution is 2.28. The first-order valence-corrected chi connectivity index (χ1v) is 16.6. The number of ether oxygens (including phenoxy) is 4. The highest BCUT2D eigenvalue weighted by molar-refractivity contribution is 5.97. The minimum atomic E-state index is -1.06. The number of nitrogens with zero attached hydrogens (tertiary/aromatic N) is 9. The molecule has 0 amide bonds. The fraction of sp³-hybridized carbons (Fsp3) is 0.400. The first kappa shape index (κ1) is 40.2.